The SMILES string of the molecule is CN=C(NCCOc1ccccc1)NCc1ccc(Cl)cc1. The number of guanidine groups is 1. The van der Waals surface area contributed by atoms with Crippen LogP contribution in [0.3, 0.4) is 0 Å². The maximum Gasteiger partial charge on any atom is 0.191 e. The molecule has 0 saturated heterocycles. The van der Waals surface area contributed by atoms with Gasteiger partial charge in [-0.2, -0.15) is 0 Å². The van der Waals surface area contributed by atoms with E-state index in [1.807, 2.05) is 54.6 Å². The molecular formula is C17H20ClN3O. The van der Waals surface area contributed by atoms with Gasteiger partial charge in [-0.15, -0.1) is 0 Å². The summed E-state index contributed by atoms with van der Waals surface area (Å²) in [7, 11) is 1.75. The van der Waals surface area contributed by atoms with E-state index in [9.17, 15) is 0 Å². The smallest absolute Gasteiger partial charge is 0.191 e. The monoisotopic (exact) mass is 317 g/mol. The Kier molecular flexibility index (Phi) is 6.58. The van der Waals surface area contributed by atoms with E-state index in [1.54, 1.807) is 7.05 Å². The van der Waals surface area contributed by atoms with Crippen molar-refractivity contribution < 1.29 is 4.74 Å². The lowest BCUT2D eigenvalue weighted by atomic mass is 10.2. The Labute approximate surface area is 136 Å². The quantitative estimate of drug-likeness (QED) is 0.489. The van der Waals surface area contributed by atoms with Gasteiger partial charge >= 0.3 is 0 Å². The van der Waals surface area contributed by atoms with Gasteiger partial charge in [0.15, 0.2) is 5.96 Å². The first kappa shape index (κ1) is 16.2. The molecule has 0 heterocycles. The highest BCUT2D eigenvalue weighted by molar-refractivity contribution is 6.30. The van der Waals surface area contributed by atoms with Crippen LogP contribution in [-0.2, 0) is 6.54 Å². The van der Waals surface area contributed by atoms with E-state index in [0.717, 1.165) is 22.3 Å². The molecule has 0 atom stereocenters. The number of nitrogens with zero attached hydrogens (tertiary/aromatic N) is 1. The van der Waals surface area contributed by atoms with Gasteiger partial charge in [-0.05, 0) is 29.8 Å². The number of halogens is 1. The summed E-state index contributed by atoms with van der Waals surface area (Å²) in [6.07, 6.45) is 0. The fourth-order valence-electron chi connectivity index (χ4n) is 1.86. The summed E-state index contributed by atoms with van der Waals surface area (Å²) in [6, 6.07) is 17.5. The standard InChI is InChI=1S/C17H20ClN3O/c1-19-17(21-13-14-7-9-15(18)10-8-14)20-11-12-22-16-5-3-2-4-6-16/h2-10H,11-13H2,1H3,(H2,19,20,21). The van der Waals surface area contributed by atoms with Crippen LogP contribution in [0, 0.1) is 0 Å². The molecule has 22 heavy (non-hydrogen) atoms. The van der Waals surface area contributed by atoms with E-state index < -0.39 is 0 Å². The molecule has 0 amide bonds. The predicted molar refractivity (Wildman–Crippen MR) is 91.6 cm³/mol. The van der Waals surface area contributed by atoms with Crippen LogP contribution < -0.4 is 15.4 Å². The third-order valence-electron chi connectivity index (χ3n) is 3.00. The van der Waals surface area contributed by atoms with Gasteiger partial charge in [-0.25, -0.2) is 0 Å². The number of benzene rings is 2. The lowest BCUT2D eigenvalue weighted by molar-refractivity contribution is 0.322. The van der Waals surface area contributed by atoms with Gasteiger partial charge < -0.3 is 15.4 Å². The van der Waals surface area contributed by atoms with E-state index in [-0.39, 0.29) is 0 Å². The Morgan fingerprint density at radius 3 is 2.45 bits per heavy atom. The van der Waals surface area contributed by atoms with Crippen LogP contribution in [0.4, 0.5) is 0 Å². The van der Waals surface area contributed by atoms with Crippen LogP contribution in [0.1, 0.15) is 5.56 Å². The Morgan fingerprint density at radius 1 is 1.05 bits per heavy atom. The molecule has 2 aromatic rings. The minimum absolute atomic E-state index is 0.575. The molecule has 0 unspecified atom stereocenters. The molecule has 0 fully saturated rings. The van der Waals surface area contributed by atoms with Crippen molar-refractivity contribution in [1.82, 2.24) is 10.6 Å². The third kappa shape index (κ3) is 5.66. The first-order chi connectivity index (χ1) is 10.8. The van der Waals surface area contributed by atoms with Crippen LogP contribution in [0.2, 0.25) is 5.02 Å². The minimum Gasteiger partial charge on any atom is -0.492 e. The number of hydrogen-bond donors (Lipinski definition) is 2. The zero-order chi connectivity index (χ0) is 15.6. The fourth-order valence-corrected chi connectivity index (χ4v) is 1.99. The van der Waals surface area contributed by atoms with E-state index in [2.05, 4.69) is 15.6 Å². The molecule has 0 aliphatic rings. The van der Waals surface area contributed by atoms with Gasteiger partial charge in [0.2, 0.25) is 0 Å². The van der Waals surface area contributed by atoms with Gasteiger partial charge in [-0.1, -0.05) is 41.9 Å². The topological polar surface area (TPSA) is 45.7 Å². The molecule has 0 aliphatic carbocycles. The van der Waals surface area contributed by atoms with Gasteiger partial charge in [0.1, 0.15) is 12.4 Å². The Hall–Kier alpha value is -2.20. The fraction of sp³-hybridized carbons (Fsp3) is 0.235. The van der Waals surface area contributed by atoms with Gasteiger partial charge in [0.25, 0.3) is 0 Å². The maximum atomic E-state index is 5.87. The first-order valence-corrected chi connectivity index (χ1v) is 7.52. The number of rotatable bonds is 6. The molecule has 0 bridgehead atoms. The number of nitrogens with one attached hydrogen (secondary N) is 2. The summed E-state index contributed by atoms with van der Waals surface area (Å²) in [5.41, 5.74) is 1.15. The largest absolute Gasteiger partial charge is 0.492 e. The molecular weight excluding hydrogens is 298 g/mol. The van der Waals surface area contributed by atoms with Gasteiger partial charge in [0.05, 0.1) is 6.54 Å². The van der Waals surface area contributed by atoms with Crippen molar-refractivity contribution in [2.75, 3.05) is 20.2 Å². The Bertz CT molecular complexity index is 585. The number of ether oxygens (including phenoxy) is 1. The molecule has 0 aliphatic heterocycles. The summed E-state index contributed by atoms with van der Waals surface area (Å²) in [4.78, 5) is 4.18. The van der Waals surface area contributed by atoms with Crippen molar-refractivity contribution in [2.24, 2.45) is 4.99 Å². The Balaban J connectivity index is 1.68. The zero-order valence-corrected chi connectivity index (χ0v) is 13.3. The normalized spacial score (nSPS) is 11.1. The molecule has 2 aromatic carbocycles. The molecule has 5 heteroatoms. The van der Waals surface area contributed by atoms with Crippen molar-refractivity contribution in [1.29, 1.82) is 0 Å². The molecule has 2 rings (SSSR count). The van der Waals surface area contributed by atoms with Crippen LogP contribution in [0.25, 0.3) is 0 Å². The number of hydrogen-bond acceptors (Lipinski definition) is 2. The van der Waals surface area contributed by atoms with Crippen molar-refractivity contribution in [3.63, 3.8) is 0 Å². The van der Waals surface area contributed by atoms with E-state index in [4.69, 9.17) is 16.3 Å². The van der Waals surface area contributed by atoms with E-state index in [1.165, 1.54) is 0 Å². The maximum absolute atomic E-state index is 5.87. The van der Waals surface area contributed by atoms with Crippen molar-refractivity contribution in [3.8, 4) is 5.75 Å². The Morgan fingerprint density at radius 2 is 1.77 bits per heavy atom. The van der Waals surface area contributed by atoms with E-state index in [0.29, 0.717) is 19.7 Å². The molecule has 4 nitrogen and oxygen atoms in total. The van der Waals surface area contributed by atoms with Crippen molar-refractivity contribution in [2.45, 2.75) is 6.54 Å². The molecule has 0 saturated carbocycles. The van der Waals surface area contributed by atoms with Gasteiger partial charge in [0, 0.05) is 18.6 Å². The molecule has 0 aromatic heterocycles. The summed E-state index contributed by atoms with van der Waals surface area (Å²) >= 11 is 5.87. The third-order valence-corrected chi connectivity index (χ3v) is 3.26. The van der Waals surface area contributed by atoms with Gasteiger partial charge in [-0.3, -0.25) is 4.99 Å². The van der Waals surface area contributed by atoms with Crippen molar-refractivity contribution >= 4 is 17.6 Å². The first-order valence-electron chi connectivity index (χ1n) is 7.15. The highest BCUT2D eigenvalue weighted by atomic mass is 35.5. The number of aliphatic imine (C=N–C) groups is 1. The zero-order valence-electron chi connectivity index (χ0n) is 12.6. The second-order valence-corrected chi connectivity index (χ2v) is 5.08. The van der Waals surface area contributed by atoms with Crippen LogP contribution in [-0.4, -0.2) is 26.2 Å². The average Bonchev–Trinajstić information content (AvgIpc) is 2.57. The lowest BCUT2D eigenvalue weighted by Crippen LogP contribution is -2.38. The van der Waals surface area contributed by atoms with Crippen LogP contribution >= 0.6 is 11.6 Å². The highest BCUT2D eigenvalue weighted by Crippen LogP contribution is 2.09. The number of para-hydroxylation sites is 1. The molecule has 0 spiro atoms. The highest BCUT2D eigenvalue weighted by Gasteiger charge is 1.99. The lowest BCUT2D eigenvalue weighted by Gasteiger charge is -2.12. The van der Waals surface area contributed by atoms with Crippen LogP contribution in [0.15, 0.2) is 59.6 Å². The second-order valence-electron chi connectivity index (χ2n) is 4.64. The van der Waals surface area contributed by atoms with Crippen molar-refractivity contribution in [3.05, 3.63) is 65.2 Å². The predicted octanol–water partition coefficient (Wildman–Crippen LogP) is 3.08. The summed E-state index contributed by atoms with van der Waals surface area (Å²) in [6.45, 7) is 1.94. The summed E-state index contributed by atoms with van der Waals surface area (Å²) < 4.78 is 5.62. The molecule has 116 valence electrons. The summed E-state index contributed by atoms with van der Waals surface area (Å²) in [5, 5.41) is 7.19. The second kappa shape index (κ2) is 8.95. The van der Waals surface area contributed by atoms with E-state index >= 15 is 0 Å². The molecule has 0 radical (unpaired) electrons. The van der Waals surface area contributed by atoms with Crippen LogP contribution in [0.5, 0.6) is 5.75 Å². The average molecular weight is 318 g/mol. The minimum atomic E-state index is 0.575. The molecule has 2 N–H and O–H groups in total. The summed E-state index contributed by atoms with van der Waals surface area (Å²) in [5.74, 6) is 1.61.